The number of anilines is 2. The first-order valence-corrected chi connectivity index (χ1v) is 8.78. The molecule has 1 N–H and O–H groups in total. The highest BCUT2D eigenvalue weighted by Gasteiger charge is 2.14. The fraction of sp³-hybridized carbons (Fsp3) is 0.350. The lowest BCUT2D eigenvalue weighted by Gasteiger charge is -2.22. The lowest BCUT2D eigenvalue weighted by Crippen LogP contribution is -2.23. The highest BCUT2D eigenvalue weighted by molar-refractivity contribution is 5.92. The minimum Gasteiger partial charge on any atom is -0.484 e. The minimum atomic E-state index is -0.207. The number of aryl methyl sites for hydroxylation is 1. The molecule has 3 rings (SSSR count). The van der Waals surface area contributed by atoms with Crippen molar-refractivity contribution >= 4 is 17.3 Å². The number of nitrogens with one attached hydrogen (secondary N) is 1. The Morgan fingerprint density at radius 3 is 2.62 bits per heavy atom. The fourth-order valence-corrected chi connectivity index (χ4v) is 2.88. The Hall–Kier alpha value is -2.89. The monoisotopic (exact) mass is 356 g/mol. The Morgan fingerprint density at radius 1 is 1.12 bits per heavy atom. The van der Waals surface area contributed by atoms with E-state index in [1.54, 1.807) is 18.2 Å². The van der Waals surface area contributed by atoms with Crippen LogP contribution in [0.4, 0.5) is 11.4 Å². The van der Waals surface area contributed by atoms with Gasteiger partial charge in [-0.3, -0.25) is 4.79 Å². The molecule has 0 aromatic heterocycles. The van der Waals surface area contributed by atoms with Crippen molar-refractivity contribution < 1.29 is 19.0 Å². The van der Waals surface area contributed by atoms with Gasteiger partial charge in [-0.15, -0.1) is 0 Å². The van der Waals surface area contributed by atoms with Gasteiger partial charge in [0.15, 0.2) is 18.1 Å². The molecule has 0 radical (unpaired) electrons. The number of hydrogen-bond acceptors (Lipinski definition) is 5. The summed E-state index contributed by atoms with van der Waals surface area (Å²) >= 11 is 0. The van der Waals surface area contributed by atoms with Crippen LogP contribution < -0.4 is 24.4 Å². The molecule has 0 atom stereocenters. The smallest absolute Gasteiger partial charge is 0.262 e. The maximum absolute atomic E-state index is 12.2. The van der Waals surface area contributed by atoms with Crippen LogP contribution in [0.1, 0.15) is 19.4 Å². The van der Waals surface area contributed by atoms with Gasteiger partial charge in [-0.05, 0) is 56.7 Å². The van der Waals surface area contributed by atoms with Gasteiger partial charge < -0.3 is 24.4 Å². The van der Waals surface area contributed by atoms with E-state index in [2.05, 4.69) is 30.1 Å². The lowest BCUT2D eigenvalue weighted by molar-refractivity contribution is -0.118. The van der Waals surface area contributed by atoms with Gasteiger partial charge in [-0.2, -0.15) is 0 Å². The maximum atomic E-state index is 12.2. The zero-order chi connectivity index (χ0) is 18.5. The quantitative estimate of drug-likeness (QED) is 0.822. The van der Waals surface area contributed by atoms with Gasteiger partial charge >= 0.3 is 0 Å². The standard InChI is InChI=1S/C20H24N2O4/c1-4-22(5-2)15-6-8-17(14(3)10-15)21-20(23)12-24-16-7-9-18-19(11-16)26-13-25-18/h6-11H,4-5,12-13H2,1-3H3,(H,21,23). The Morgan fingerprint density at radius 2 is 1.88 bits per heavy atom. The summed E-state index contributed by atoms with van der Waals surface area (Å²) in [5.41, 5.74) is 2.97. The topological polar surface area (TPSA) is 60.0 Å². The number of fused-ring (bicyclic) bond motifs is 1. The summed E-state index contributed by atoms with van der Waals surface area (Å²) in [6.07, 6.45) is 0. The number of nitrogens with zero attached hydrogens (tertiary/aromatic N) is 1. The zero-order valence-electron chi connectivity index (χ0n) is 15.4. The average molecular weight is 356 g/mol. The molecule has 2 aromatic rings. The van der Waals surface area contributed by atoms with Crippen LogP contribution in [0.3, 0.4) is 0 Å². The molecule has 0 fully saturated rings. The van der Waals surface area contributed by atoms with Crippen molar-refractivity contribution in [1.29, 1.82) is 0 Å². The first-order chi connectivity index (χ1) is 12.6. The summed E-state index contributed by atoms with van der Waals surface area (Å²) in [4.78, 5) is 14.5. The molecular formula is C20H24N2O4. The van der Waals surface area contributed by atoms with E-state index in [9.17, 15) is 4.79 Å². The van der Waals surface area contributed by atoms with Crippen molar-refractivity contribution in [3.63, 3.8) is 0 Å². The summed E-state index contributed by atoms with van der Waals surface area (Å²) in [5.74, 6) is 1.68. The molecule has 1 aliphatic heterocycles. The molecular weight excluding hydrogens is 332 g/mol. The van der Waals surface area contributed by atoms with Crippen LogP contribution in [-0.4, -0.2) is 32.4 Å². The third-order valence-electron chi connectivity index (χ3n) is 4.33. The van der Waals surface area contributed by atoms with Crippen molar-refractivity contribution in [2.24, 2.45) is 0 Å². The van der Waals surface area contributed by atoms with E-state index < -0.39 is 0 Å². The Kier molecular flexibility index (Phi) is 5.51. The van der Waals surface area contributed by atoms with Crippen LogP contribution in [0.25, 0.3) is 0 Å². The van der Waals surface area contributed by atoms with E-state index in [0.29, 0.717) is 17.2 Å². The van der Waals surface area contributed by atoms with Crippen molar-refractivity contribution in [2.75, 3.05) is 36.7 Å². The van der Waals surface area contributed by atoms with Crippen molar-refractivity contribution in [1.82, 2.24) is 0 Å². The van der Waals surface area contributed by atoms with Gasteiger partial charge in [-0.1, -0.05) is 0 Å². The van der Waals surface area contributed by atoms with Gasteiger partial charge in [0.05, 0.1) is 0 Å². The largest absolute Gasteiger partial charge is 0.484 e. The van der Waals surface area contributed by atoms with Gasteiger partial charge in [0, 0.05) is 30.5 Å². The lowest BCUT2D eigenvalue weighted by atomic mass is 10.1. The van der Waals surface area contributed by atoms with Gasteiger partial charge in [0.1, 0.15) is 5.75 Å². The predicted octanol–water partition coefficient (Wildman–Crippen LogP) is 3.59. The number of carbonyl (C=O) groups excluding carboxylic acids is 1. The van der Waals surface area contributed by atoms with Gasteiger partial charge in [-0.25, -0.2) is 0 Å². The molecule has 0 aliphatic carbocycles. The van der Waals surface area contributed by atoms with Gasteiger partial charge in [0.25, 0.3) is 5.91 Å². The molecule has 0 saturated carbocycles. The van der Waals surface area contributed by atoms with Crippen LogP contribution in [0.2, 0.25) is 0 Å². The Balaban J connectivity index is 1.58. The third-order valence-corrected chi connectivity index (χ3v) is 4.33. The number of amides is 1. The number of benzene rings is 2. The van der Waals surface area contributed by atoms with E-state index in [-0.39, 0.29) is 19.3 Å². The highest BCUT2D eigenvalue weighted by Crippen LogP contribution is 2.35. The average Bonchev–Trinajstić information content (AvgIpc) is 3.11. The SMILES string of the molecule is CCN(CC)c1ccc(NC(=O)COc2ccc3c(c2)OCO3)c(C)c1. The van der Waals surface area contributed by atoms with E-state index in [1.165, 1.54) is 0 Å². The second-order valence-electron chi connectivity index (χ2n) is 6.02. The van der Waals surface area contributed by atoms with E-state index in [1.807, 2.05) is 19.1 Å². The molecule has 6 nitrogen and oxygen atoms in total. The summed E-state index contributed by atoms with van der Waals surface area (Å²) in [5, 5.41) is 2.90. The van der Waals surface area contributed by atoms with Crippen LogP contribution >= 0.6 is 0 Å². The number of rotatable bonds is 7. The minimum absolute atomic E-state index is 0.0725. The molecule has 0 unspecified atom stereocenters. The number of carbonyl (C=O) groups is 1. The van der Waals surface area contributed by atoms with Crippen LogP contribution in [0.15, 0.2) is 36.4 Å². The molecule has 26 heavy (non-hydrogen) atoms. The molecule has 2 aromatic carbocycles. The van der Waals surface area contributed by atoms with Crippen molar-refractivity contribution in [3.05, 3.63) is 42.0 Å². The summed E-state index contributed by atoms with van der Waals surface area (Å²) in [6, 6.07) is 11.3. The third kappa shape index (κ3) is 4.02. The molecule has 6 heteroatoms. The second kappa shape index (κ2) is 7.99. The van der Waals surface area contributed by atoms with E-state index in [0.717, 1.165) is 30.0 Å². The maximum Gasteiger partial charge on any atom is 0.262 e. The number of hydrogen-bond donors (Lipinski definition) is 1. The predicted molar refractivity (Wildman–Crippen MR) is 101 cm³/mol. The molecule has 0 spiro atoms. The summed E-state index contributed by atoms with van der Waals surface area (Å²) in [7, 11) is 0. The van der Waals surface area contributed by atoms with Crippen LogP contribution in [0.5, 0.6) is 17.2 Å². The highest BCUT2D eigenvalue weighted by atomic mass is 16.7. The summed E-state index contributed by atoms with van der Waals surface area (Å²) < 4.78 is 16.1. The molecule has 0 saturated heterocycles. The number of ether oxygens (including phenoxy) is 3. The van der Waals surface area contributed by atoms with Crippen LogP contribution in [0, 0.1) is 6.92 Å². The normalized spacial score (nSPS) is 12.0. The summed E-state index contributed by atoms with van der Waals surface area (Å²) in [6.45, 7) is 8.28. The first kappa shape index (κ1) is 17.9. The van der Waals surface area contributed by atoms with Crippen molar-refractivity contribution in [2.45, 2.75) is 20.8 Å². The Bertz CT molecular complexity index is 787. The second-order valence-corrected chi connectivity index (χ2v) is 6.02. The first-order valence-electron chi connectivity index (χ1n) is 8.78. The molecule has 1 heterocycles. The van der Waals surface area contributed by atoms with Gasteiger partial charge in [0.2, 0.25) is 6.79 Å². The van der Waals surface area contributed by atoms with E-state index in [4.69, 9.17) is 14.2 Å². The molecule has 1 aliphatic rings. The van der Waals surface area contributed by atoms with Crippen molar-refractivity contribution in [3.8, 4) is 17.2 Å². The molecule has 1 amide bonds. The van der Waals surface area contributed by atoms with E-state index >= 15 is 0 Å². The Labute approximate surface area is 153 Å². The molecule has 138 valence electrons. The van der Waals surface area contributed by atoms with Crippen LogP contribution in [-0.2, 0) is 4.79 Å². The fourth-order valence-electron chi connectivity index (χ4n) is 2.88. The zero-order valence-corrected chi connectivity index (χ0v) is 15.4. The molecule has 0 bridgehead atoms.